The first-order valence-corrected chi connectivity index (χ1v) is 8.22. The SMILES string of the molecule is COCCN(CCOC)CC1CCC(CNCC(C)C)O1. The fourth-order valence-electron chi connectivity index (χ4n) is 2.62. The van der Waals surface area contributed by atoms with E-state index in [0.29, 0.717) is 18.1 Å². The molecule has 0 aromatic rings. The summed E-state index contributed by atoms with van der Waals surface area (Å²) in [5.74, 6) is 0.695. The molecule has 0 aliphatic carbocycles. The van der Waals surface area contributed by atoms with Gasteiger partial charge < -0.3 is 19.5 Å². The van der Waals surface area contributed by atoms with Crippen molar-refractivity contribution in [2.24, 2.45) is 5.92 Å². The average Bonchev–Trinajstić information content (AvgIpc) is 2.89. The first-order valence-electron chi connectivity index (χ1n) is 8.22. The second kappa shape index (κ2) is 11.4. The van der Waals surface area contributed by atoms with Crippen LogP contribution < -0.4 is 5.32 Å². The fourth-order valence-corrected chi connectivity index (χ4v) is 2.62. The second-order valence-electron chi connectivity index (χ2n) is 6.30. The highest BCUT2D eigenvalue weighted by Crippen LogP contribution is 2.20. The van der Waals surface area contributed by atoms with E-state index >= 15 is 0 Å². The topological polar surface area (TPSA) is 43.0 Å². The third-order valence-electron chi connectivity index (χ3n) is 3.81. The van der Waals surface area contributed by atoms with Gasteiger partial charge >= 0.3 is 0 Å². The molecule has 0 spiro atoms. The maximum Gasteiger partial charge on any atom is 0.0707 e. The van der Waals surface area contributed by atoms with Crippen molar-refractivity contribution in [2.75, 3.05) is 60.2 Å². The Balaban J connectivity index is 2.22. The number of hydrogen-bond acceptors (Lipinski definition) is 5. The van der Waals surface area contributed by atoms with Gasteiger partial charge in [0, 0.05) is 40.4 Å². The van der Waals surface area contributed by atoms with E-state index in [1.54, 1.807) is 14.2 Å². The molecule has 21 heavy (non-hydrogen) atoms. The molecule has 5 nitrogen and oxygen atoms in total. The van der Waals surface area contributed by atoms with Crippen LogP contribution in [0.25, 0.3) is 0 Å². The van der Waals surface area contributed by atoms with Crippen LogP contribution in [0.1, 0.15) is 26.7 Å². The van der Waals surface area contributed by atoms with E-state index in [2.05, 4.69) is 24.1 Å². The molecule has 2 atom stereocenters. The zero-order valence-corrected chi connectivity index (χ0v) is 14.3. The van der Waals surface area contributed by atoms with E-state index in [0.717, 1.165) is 58.8 Å². The summed E-state index contributed by atoms with van der Waals surface area (Å²) in [5.41, 5.74) is 0. The van der Waals surface area contributed by atoms with E-state index in [-0.39, 0.29) is 0 Å². The van der Waals surface area contributed by atoms with Gasteiger partial charge in [-0.1, -0.05) is 13.8 Å². The largest absolute Gasteiger partial charge is 0.383 e. The van der Waals surface area contributed by atoms with Gasteiger partial charge in [0.05, 0.1) is 25.4 Å². The van der Waals surface area contributed by atoms with Crippen molar-refractivity contribution in [1.82, 2.24) is 10.2 Å². The summed E-state index contributed by atoms with van der Waals surface area (Å²) >= 11 is 0. The van der Waals surface area contributed by atoms with Crippen LogP contribution in [0.4, 0.5) is 0 Å². The van der Waals surface area contributed by atoms with Crippen LogP contribution in [0.5, 0.6) is 0 Å². The lowest BCUT2D eigenvalue weighted by molar-refractivity contribution is 0.0135. The maximum absolute atomic E-state index is 6.15. The summed E-state index contributed by atoms with van der Waals surface area (Å²) in [7, 11) is 3.49. The van der Waals surface area contributed by atoms with Crippen molar-refractivity contribution >= 4 is 0 Å². The Bertz CT molecular complexity index is 244. The minimum absolute atomic E-state index is 0.351. The number of nitrogens with one attached hydrogen (secondary N) is 1. The van der Waals surface area contributed by atoms with Gasteiger partial charge in [-0.25, -0.2) is 0 Å². The molecule has 0 bridgehead atoms. The summed E-state index contributed by atoms with van der Waals surface area (Å²) in [4.78, 5) is 2.38. The third-order valence-corrected chi connectivity index (χ3v) is 3.81. The molecule has 1 fully saturated rings. The molecule has 1 N–H and O–H groups in total. The molecule has 126 valence electrons. The summed E-state index contributed by atoms with van der Waals surface area (Å²) in [6.45, 7) is 10.9. The highest BCUT2D eigenvalue weighted by molar-refractivity contribution is 4.78. The first kappa shape index (κ1) is 18.8. The molecule has 0 saturated carbocycles. The van der Waals surface area contributed by atoms with Crippen molar-refractivity contribution in [3.8, 4) is 0 Å². The molecule has 1 aliphatic heterocycles. The van der Waals surface area contributed by atoms with Gasteiger partial charge in [-0.2, -0.15) is 0 Å². The Morgan fingerprint density at radius 2 is 1.71 bits per heavy atom. The van der Waals surface area contributed by atoms with Gasteiger partial charge in [-0.3, -0.25) is 4.90 Å². The van der Waals surface area contributed by atoms with E-state index in [1.165, 1.54) is 0 Å². The predicted octanol–water partition coefficient (Wildman–Crippen LogP) is 1.37. The quantitative estimate of drug-likeness (QED) is 0.590. The fraction of sp³-hybridized carbons (Fsp3) is 1.00. The number of methoxy groups -OCH3 is 2. The Kier molecular flexibility index (Phi) is 10.2. The van der Waals surface area contributed by atoms with Crippen LogP contribution in [-0.2, 0) is 14.2 Å². The van der Waals surface area contributed by atoms with Crippen LogP contribution in [-0.4, -0.2) is 77.3 Å². The van der Waals surface area contributed by atoms with E-state index in [4.69, 9.17) is 14.2 Å². The van der Waals surface area contributed by atoms with Gasteiger partial charge in [-0.15, -0.1) is 0 Å². The average molecular weight is 302 g/mol. The lowest BCUT2D eigenvalue weighted by atomic mass is 10.1. The zero-order chi connectivity index (χ0) is 15.5. The van der Waals surface area contributed by atoms with Gasteiger partial charge in [0.25, 0.3) is 0 Å². The molecule has 1 aliphatic rings. The van der Waals surface area contributed by atoms with E-state index in [1.807, 2.05) is 0 Å². The maximum atomic E-state index is 6.15. The molecule has 0 aromatic carbocycles. The Morgan fingerprint density at radius 3 is 2.29 bits per heavy atom. The molecular formula is C16H34N2O3. The van der Waals surface area contributed by atoms with Gasteiger partial charge in [0.1, 0.15) is 0 Å². The summed E-state index contributed by atoms with van der Waals surface area (Å²) in [5, 5.41) is 3.49. The second-order valence-corrected chi connectivity index (χ2v) is 6.30. The lowest BCUT2D eigenvalue weighted by Crippen LogP contribution is -2.38. The summed E-state index contributed by atoms with van der Waals surface area (Å²) in [6, 6.07) is 0. The zero-order valence-electron chi connectivity index (χ0n) is 14.3. The van der Waals surface area contributed by atoms with Gasteiger partial charge in [0.15, 0.2) is 0 Å². The molecule has 0 amide bonds. The Labute approximate surface area is 130 Å². The van der Waals surface area contributed by atoms with Crippen molar-refractivity contribution < 1.29 is 14.2 Å². The number of nitrogens with zero attached hydrogens (tertiary/aromatic N) is 1. The van der Waals surface area contributed by atoms with Crippen molar-refractivity contribution in [3.05, 3.63) is 0 Å². The molecule has 5 heteroatoms. The van der Waals surface area contributed by atoms with Gasteiger partial charge in [-0.05, 0) is 25.3 Å². The van der Waals surface area contributed by atoms with Crippen molar-refractivity contribution in [3.63, 3.8) is 0 Å². The van der Waals surface area contributed by atoms with Crippen molar-refractivity contribution in [2.45, 2.75) is 38.9 Å². The molecular weight excluding hydrogens is 268 g/mol. The number of rotatable bonds is 12. The molecule has 1 rings (SSSR count). The monoisotopic (exact) mass is 302 g/mol. The highest BCUT2D eigenvalue weighted by Gasteiger charge is 2.26. The Morgan fingerprint density at radius 1 is 1.10 bits per heavy atom. The Hall–Kier alpha value is -0.200. The lowest BCUT2D eigenvalue weighted by Gasteiger charge is -2.25. The first-order chi connectivity index (χ1) is 10.2. The van der Waals surface area contributed by atoms with E-state index in [9.17, 15) is 0 Å². The van der Waals surface area contributed by atoms with Crippen LogP contribution >= 0.6 is 0 Å². The van der Waals surface area contributed by atoms with Crippen LogP contribution in [0, 0.1) is 5.92 Å². The summed E-state index contributed by atoms with van der Waals surface area (Å²) < 4.78 is 16.5. The third kappa shape index (κ3) is 8.73. The van der Waals surface area contributed by atoms with Crippen molar-refractivity contribution in [1.29, 1.82) is 0 Å². The molecule has 0 radical (unpaired) electrons. The minimum atomic E-state index is 0.351. The van der Waals surface area contributed by atoms with Crippen LogP contribution in [0.15, 0.2) is 0 Å². The number of ether oxygens (including phenoxy) is 3. The molecule has 0 aromatic heterocycles. The molecule has 1 heterocycles. The van der Waals surface area contributed by atoms with E-state index < -0.39 is 0 Å². The van der Waals surface area contributed by atoms with Gasteiger partial charge in [0.2, 0.25) is 0 Å². The summed E-state index contributed by atoms with van der Waals surface area (Å²) in [6.07, 6.45) is 3.05. The van der Waals surface area contributed by atoms with Crippen LogP contribution in [0.3, 0.4) is 0 Å². The minimum Gasteiger partial charge on any atom is -0.383 e. The standard InChI is InChI=1S/C16H34N2O3/c1-14(2)11-17-12-15-5-6-16(21-15)13-18(7-9-19-3)8-10-20-4/h14-17H,5-13H2,1-4H3. The van der Waals surface area contributed by atoms with Crippen LogP contribution in [0.2, 0.25) is 0 Å². The normalized spacial score (nSPS) is 22.6. The number of hydrogen-bond donors (Lipinski definition) is 1. The molecule has 2 unspecified atom stereocenters. The predicted molar refractivity (Wildman–Crippen MR) is 85.8 cm³/mol. The highest BCUT2D eigenvalue weighted by atomic mass is 16.5. The smallest absolute Gasteiger partial charge is 0.0707 e. The molecule has 1 saturated heterocycles.